The predicted molar refractivity (Wildman–Crippen MR) is 211 cm³/mol. The highest BCUT2D eigenvalue weighted by Crippen LogP contribution is 2.26. The monoisotopic (exact) mass is 848 g/mol. The number of likely N-dealkylation sites (N-methyl/N-ethyl adjacent to an activating group) is 1. The fourth-order valence-corrected chi connectivity index (χ4v) is 8.25. The van der Waals surface area contributed by atoms with Crippen LogP contribution in [-0.2, 0) is 41.1 Å². The summed E-state index contributed by atoms with van der Waals surface area (Å²) in [6.07, 6.45) is 6.12. The van der Waals surface area contributed by atoms with Crippen LogP contribution in [0.3, 0.4) is 0 Å². The van der Waals surface area contributed by atoms with Crippen molar-refractivity contribution in [1.29, 1.82) is 0 Å². The molecule has 21 nitrogen and oxygen atoms in total. The first-order chi connectivity index (χ1) is 27.5. The van der Waals surface area contributed by atoms with E-state index in [1.54, 1.807) is 41.5 Å². The quantitative estimate of drug-likeness (QED) is 0.0329. The fraction of sp³-hybridized carbons (Fsp3) is 0.429. The second-order valence-corrected chi connectivity index (χ2v) is 16.3. The molecule has 2 aromatic heterocycles. The summed E-state index contributed by atoms with van der Waals surface area (Å²) in [5.74, 6) is -2.89. The second kappa shape index (κ2) is 20.7. The van der Waals surface area contributed by atoms with Crippen molar-refractivity contribution < 1.29 is 50.4 Å². The maximum Gasteiger partial charge on any atom is 0.323 e. The Morgan fingerprint density at radius 2 is 1.67 bits per heavy atom. The molecule has 0 aliphatic heterocycles. The molecule has 58 heavy (non-hydrogen) atoms. The van der Waals surface area contributed by atoms with Crippen LogP contribution in [0.25, 0.3) is 10.9 Å². The summed E-state index contributed by atoms with van der Waals surface area (Å²) >= 11 is 0. The SMILES string of the molecule is CN[C@@H](CS(=O)(=O)O)C(=O)NCCNC(=O)CCCOc1cc(C)c(S(=O)(=O)N[C@@H](CNC(=O)c2ccc3c(cnn3CCCNc3ncc[nH]3)c2)C(=O)O)c(C)c1. The number of ether oxygens (including phenoxy) is 1. The van der Waals surface area contributed by atoms with Crippen LogP contribution in [0.5, 0.6) is 5.75 Å². The van der Waals surface area contributed by atoms with Crippen LogP contribution in [0.2, 0.25) is 0 Å². The largest absolute Gasteiger partial charge is 0.494 e. The van der Waals surface area contributed by atoms with E-state index in [0.717, 1.165) is 11.9 Å². The van der Waals surface area contributed by atoms with E-state index < -0.39 is 62.3 Å². The van der Waals surface area contributed by atoms with Crippen LogP contribution in [0.1, 0.15) is 40.7 Å². The molecule has 9 N–H and O–H groups in total. The van der Waals surface area contributed by atoms with Crippen LogP contribution in [-0.4, -0.2) is 128 Å². The van der Waals surface area contributed by atoms with Crippen LogP contribution < -0.4 is 36.0 Å². The summed E-state index contributed by atoms with van der Waals surface area (Å²) < 4.78 is 67.6. The van der Waals surface area contributed by atoms with Gasteiger partial charge in [0.2, 0.25) is 21.8 Å². The Hall–Kier alpha value is -5.62. The van der Waals surface area contributed by atoms with Gasteiger partial charge in [0.25, 0.3) is 16.0 Å². The lowest BCUT2D eigenvalue weighted by Gasteiger charge is -2.19. The Morgan fingerprint density at radius 3 is 2.33 bits per heavy atom. The number of H-pyrrole nitrogens is 1. The summed E-state index contributed by atoms with van der Waals surface area (Å²) in [4.78, 5) is 56.3. The number of imidazole rings is 1. The van der Waals surface area contributed by atoms with E-state index in [2.05, 4.69) is 46.4 Å². The van der Waals surface area contributed by atoms with E-state index in [1.165, 1.54) is 33.0 Å². The molecule has 0 fully saturated rings. The number of benzene rings is 2. The maximum atomic E-state index is 13.5. The standard InChI is InChI=1S/C35H48N10O11S2/c1-22-16-26(56-15-4-6-30(46)37-10-11-38-33(48)28(36-3)21-57(51,52)53)17-23(2)31(22)58(54,55)44-27(34(49)50)20-42-32(47)24-7-8-29-25(18-24)19-43-45(29)14-5-9-39-35-40-12-13-41-35/h7-8,12-13,16-19,27-28,36,44H,4-6,9-11,14-15,20-21H2,1-3H3,(H,37,46)(H,38,48)(H,42,47)(H,49,50)(H2,39,40,41)(H,51,52,53)/t27-,28-/m0/s1. The molecular weight excluding hydrogens is 801 g/mol. The molecule has 2 heterocycles. The molecule has 23 heteroatoms. The average molecular weight is 849 g/mol. The molecule has 4 rings (SSSR count). The van der Waals surface area contributed by atoms with Crippen molar-refractivity contribution in [3.05, 3.63) is 65.6 Å². The van der Waals surface area contributed by atoms with Gasteiger partial charge in [0.1, 0.15) is 17.8 Å². The summed E-state index contributed by atoms with van der Waals surface area (Å²) in [6, 6.07) is 5.02. The number of carbonyl (C=O) groups excluding carboxylic acids is 3. The number of carbonyl (C=O) groups is 4. The molecule has 0 bridgehead atoms. The van der Waals surface area contributed by atoms with Gasteiger partial charge in [-0.25, -0.2) is 13.4 Å². The Morgan fingerprint density at radius 1 is 0.948 bits per heavy atom. The molecule has 2 aromatic carbocycles. The van der Waals surface area contributed by atoms with Crippen LogP contribution in [0.15, 0.2) is 53.8 Å². The lowest BCUT2D eigenvalue weighted by Crippen LogP contribution is -2.48. The van der Waals surface area contributed by atoms with Gasteiger partial charge >= 0.3 is 5.97 Å². The van der Waals surface area contributed by atoms with Crippen molar-refractivity contribution in [2.45, 2.75) is 56.6 Å². The van der Waals surface area contributed by atoms with Crippen LogP contribution in [0, 0.1) is 13.8 Å². The molecule has 0 radical (unpaired) electrons. The van der Waals surface area contributed by atoms with Gasteiger partial charge in [0, 0.05) is 62.5 Å². The number of aliphatic carboxylic acids is 1. The minimum Gasteiger partial charge on any atom is -0.494 e. The van der Waals surface area contributed by atoms with Gasteiger partial charge in [-0.05, 0) is 75.2 Å². The van der Waals surface area contributed by atoms with E-state index >= 15 is 0 Å². The summed E-state index contributed by atoms with van der Waals surface area (Å²) in [5.41, 5.74) is 1.59. The highest BCUT2D eigenvalue weighted by Gasteiger charge is 2.29. The molecule has 0 aliphatic carbocycles. The predicted octanol–water partition coefficient (Wildman–Crippen LogP) is -0.0929. The van der Waals surface area contributed by atoms with Crippen molar-refractivity contribution >= 4 is 60.7 Å². The van der Waals surface area contributed by atoms with Gasteiger partial charge in [-0.3, -0.25) is 28.4 Å². The van der Waals surface area contributed by atoms with E-state index in [0.29, 0.717) is 36.6 Å². The van der Waals surface area contributed by atoms with Crippen molar-refractivity contribution in [3.63, 3.8) is 0 Å². The zero-order chi connectivity index (χ0) is 42.5. The number of fused-ring (bicyclic) bond motifs is 1. The number of carboxylic acid groups (broad SMARTS) is 1. The van der Waals surface area contributed by atoms with E-state index in [1.807, 2.05) is 0 Å². The Bertz CT molecular complexity index is 2260. The maximum absolute atomic E-state index is 13.5. The van der Waals surface area contributed by atoms with Gasteiger partial charge in [0.05, 0.1) is 29.0 Å². The summed E-state index contributed by atoms with van der Waals surface area (Å²) in [7, 11) is -7.39. The minimum atomic E-state index is -4.39. The first-order valence-corrected chi connectivity index (χ1v) is 21.2. The second-order valence-electron chi connectivity index (χ2n) is 13.2. The number of aryl methyl sites for hydroxylation is 3. The van der Waals surface area contributed by atoms with Gasteiger partial charge in [-0.2, -0.15) is 18.2 Å². The number of nitrogens with one attached hydrogen (secondary N) is 7. The third kappa shape index (κ3) is 13.5. The number of sulfonamides is 1. The number of hydrogen-bond acceptors (Lipinski definition) is 13. The van der Waals surface area contributed by atoms with Crippen LogP contribution >= 0.6 is 0 Å². The average Bonchev–Trinajstić information content (AvgIpc) is 3.83. The third-order valence-corrected chi connectivity index (χ3v) is 11.1. The number of anilines is 1. The molecule has 0 spiro atoms. The molecule has 4 aromatic rings. The van der Waals surface area contributed by atoms with Crippen molar-refractivity contribution in [2.24, 2.45) is 0 Å². The molecule has 2 atom stereocenters. The van der Waals surface area contributed by atoms with Gasteiger partial charge in [0.15, 0.2) is 5.95 Å². The zero-order valence-electron chi connectivity index (χ0n) is 32.1. The molecule has 0 saturated carbocycles. The smallest absolute Gasteiger partial charge is 0.323 e. The fourth-order valence-electron chi connectivity index (χ4n) is 5.87. The van der Waals surface area contributed by atoms with Crippen molar-refractivity contribution in [1.82, 2.24) is 45.7 Å². The summed E-state index contributed by atoms with van der Waals surface area (Å²) in [6.45, 7) is 3.98. The van der Waals surface area contributed by atoms with Crippen molar-refractivity contribution in [2.75, 3.05) is 50.9 Å². The number of nitrogens with zero attached hydrogens (tertiary/aromatic N) is 3. The molecule has 3 amide bonds. The lowest BCUT2D eigenvalue weighted by molar-refractivity contribution is -0.138. The first-order valence-electron chi connectivity index (χ1n) is 18.1. The zero-order valence-corrected chi connectivity index (χ0v) is 33.7. The number of amides is 3. The number of aromatic amines is 1. The Kier molecular flexibility index (Phi) is 16.1. The Balaban J connectivity index is 1.23. The first kappa shape index (κ1) is 45.1. The van der Waals surface area contributed by atoms with Crippen molar-refractivity contribution in [3.8, 4) is 5.75 Å². The van der Waals surface area contributed by atoms with E-state index in [9.17, 15) is 41.1 Å². The third-order valence-electron chi connectivity index (χ3n) is 8.61. The van der Waals surface area contributed by atoms with E-state index in [4.69, 9.17) is 9.29 Å². The number of aromatic nitrogens is 4. The number of hydrogen-bond donors (Lipinski definition) is 9. The van der Waals surface area contributed by atoms with Gasteiger partial charge in [-0.1, -0.05) is 0 Å². The highest BCUT2D eigenvalue weighted by molar-refractivity contribution is 7.89. The molecular formula is C35H48N10O11S2. The highest BCUT2D eigenvalue weighted by atomic mass is 32.2. The number of carboxylic acids is 1. The van der Waals surface area contributed by atoms with Gasteiger partial charge in [-0.15, -0.1) is 0 Å². The molecule has 0 saturated heterocycles. The topological polar surface area (TPSA) is 305 Å². The molecule has 0 unspecified atom stereocenters. The molecule has 0 aliphatic rings. The summed E-state index contributed by atoms with van der Waals surface area (Å²) in [5, 5.41) is 28.2. The Labute approximate surface area is 334 Å². The normalized spacial score (nSPS) is 12.8. The van der Waals surface area contributed by atoms with E-state index in [-0.39, 0.29) is 53.6 Å². The minimum absolute atomic E-state index is 0.0216. The van der Waals surface area contributed by atoms with Gasteiger partial charge < -0.3 is 41.4 Å². The molecule has 316 valence electrons. The number of rotatable bonds is 24. The lowest BCUT2D eigenvalue weighted by atomic mass is 10.1. The van der Waals surface area contributed by atoms with Crippen LogP contribution in [0.4, 0.5) is 5.95 Å².